The number of aliphatic carboxylic acids is 1. The van der Waals surface area contributed by atoms with Crippen molar-refractivity contribution in [1.29, 1.82) is 0 Å². The zero-order chi connectivity index (χ0) is 11.7. The Kier molecular flexibility index (Phi) is 7.27. The summed E-state index contributed by atoms with van der Waals surface area (Å²) in [4.78, 5) is 21.1. The number of aliphatic hydroxyl groups excluding tert-OH is 1. The molecule has 15 heavy (non-hydrogen) atoms. The molecule has 0 saturated heterocycles. The maximum absolute atomic E-state index is 11.0. The highest BCUT2D eigenvalue weighted by Crippen LogP contribution is 1.97. The van der Waals surface area contributed by atoms with Gasteiger partial charge >= 0.3 is 5.97 Å². The Balaban J connectivity index is 3.43. The van der Waals surface area contributed by atoms with E-state index >= 15 is 0 Å². The number of hydrogen-bond acceptors (Lipinski definition) is 3. The van der Waals surface area contributed by atoms with Gasteiger partial charge in [-0.15, -0.1) is 0 Å². The lowest BCUT2D eigenvalue weighted by Gasteiger charge is -2.00. The second kappa shape index (κ2) is 7.99. The van der Waals surface area contributed by atoms with Gasteiger partial charge in [0, 0.05) is 6.42 Å². The molecule has 0 rings (SSSR count). The summed E-state index contributed by atoms with van der Waals surface area (Å²) in [5.74, 6) is -1.31. The van der Waals surface area contributed by atoms with E-state index in [1.807, 2.05) is 0 Å². The van der Waals surface area contributed by atoms with Crippen LogP contribution in [0.15, 0.2) is 12.2 Å². The Morgan fingerprint density at radius 1 is 1.47 bits per heavy atom. The molecular weight excluding hydrogens is 198 g/mol. The van der Waals surface area contributed by atoms with Gasteiger partial charge in [0.15, 0.2) is 0 Å². The van der Waals surface area contributed by atoms with E-state index in [4.69, 9.17) is 10.2 Å². The van der Waals surface area contributed by atoms with Crippen molar-refractivity contribution in [2.24, 2.45) is 0 Å². The zero-order valence-corrected chi connectivity index (χ0v) is 8.77. The molecule has 0 saturated carbocycles. The molecule has 0 aliphatic heterocycles. The van der Waals surface area contributed by atoms with Gasteiger partial charge < -0.3 is 15.5 Å². The summed E-state index contributed by atoms with van der Waals surface area (Å²) in [6.07, 6.45) is 4.63. The molecule has 1 atom stereocenters. The average molecular weight is 215 g/mol. The highest BCUT2D eigenvalue weighted by molar-refractivity contribution is 5.80. The molecule has 0 aliphatic rings. The van der Waals surface area contributed by atoms with Crippen molar-refractivity contribution in [2.75, 3.05) is 6.54 Å². The van der Waals surface area contributed by atoms with Gasteiger partial charge in [0.25, 0.3) is 0 Å². The van der Waals surface area contributed by atoms with Crippen LogP contribution < -0.4 is 5.32 Å². The summed E-state index contributed by atoms with van der Waals surface area (Å²) in [6, 6.07) is 0. The van der Waals surface area contributed by atoms with Crippen molar-refractivity contribution in [3.05, 3.63) is 12.2 Å². The molecule has 0 aromatic heterocycles. The molecule has 86 valence electrons. The number of aliphatic hydroxyl groups is 1. The number of unbranched alkanes of at least 4 members (excludes halogenated alkanes) is 1. The smallest absolute Gasteiger partial charge is 0.322 e. The maximum Gasteiger partial charge on any atom is 0.322 e. The van der Waals surface area contributed by atoms with Crippen LogP contribution in [0.2, 0.25) is 0 Å². The molecule has 0 bridgehead atoms. The molecule has 0 aliphatic carbocycles. The summed E-state index contributed by atoms with van der Waals surface area (Å²) < 4.78 is 0. The van der Waals surface area contributed by atoms with E-state index in [2.05, 4.69) is 5.32 Å². The van der Waals surface area contributed by atoms with E-state index < -0.39 is 12.1 Å². The zero-order valence-electron chi connectivity index (χ0n) is 8.77. The predicted octanol–water partition coefficient (Wildman–Crippen LogP) is 0.294. The van der Waals surface area contributed by atoms with E-state index in [-0.39, 0.29) is 12.5 Å². The third-order valence-corrected chi connectivity index (χ3v) is 1.63. The van der Waals surface area contributed by atoms with Crippen molar-refractivity contribution in [3.63, 3.8) is 0 Å². The minimum absolute atomic E-state index is 0.261. The minimum atomic E-state index is -1.04. The molecule has 1 unspecified atom stereocenters. The Hall–Kier alpha value is -1.36. The third-order valence-electron chi connectivity index (χ3n) is 1.63. The molecule has 0 spiro atoms. The normalized spacial score (nSPS) is 12.7. The van der Waals surface area contributed by atoms with Crippen molar-refractivity contribution in [3.8, 4) is 0 Å². The van der Waals surface area contributed by atoms with Crippen LogP contribution in [-0.2, 0) is 9.59 Å². The molecule has 0 aromatic carbocycles. The van der Waals surface area contributed by atoms with Gasteiger partial charge in [0.05, 0.1) is 6.10 Å². The van der Waals surface area contributed by atoms with E-state index in [1.165, 1.54) is 0 Å². The SMILES string of the molecule is CC(O)/C=C/CCCC(=O)NCC(=O)O. The number of carbonyl (C=O) groups excluding carboxylic acids is 1. The van der Waals surface area contributed by atoms with Crippen LogP contribution in [0, 0.1) is 0 Å². The van der Waals surface area contributed by atoms with Crippen LogP contribution in [0.25, 0.3) is 0 Å². The fraction of sp³-hybridized carbons (Fsp3) is 0.600. The van der Waals surface area contributed by atoms with Crippen LogP contribution in [-0.4, -0.2) is 34.7 Å². The first-order valence-corrected chi connectivity index (χ1v) is 4.85. The molecule has 3 N–H and O–H groups in total. The average Bonchev–Trinajstić information content (AvgIpc) is 2.13. The number of carbonyl (C=O) groups is 2. The summed E-state index contributed by atoms with van der Waals surface area (Å²) in [7, 11) is 0. The Morgan fingerprint density at radius 2 is 2.13 bits per heavy atom. The second-order valence-electron chi connectivity index (χ2n) is 3.23. The molecule has 5 heteroatoms. The van der Waals surface area contributed by atoms with Crippen LogP contribution >= 0.6 is 0 Å². The van der Waals surface area contributed by atoms with Crippen LogP contribution in [0.4, 0.5) is 0 Å². The number of allylic oxidation sites excluding steroid dienone is 1. The number of carboxylic acids is 1. The van der Waals surface area contributed by atoms with E-state index in [9.17, 15) is 9.59 Å². The summed E-state index contributed by atoms with van der Waals surface area (Å²) in [6.45, 7) is 1.32. The Labute approximate surface area is 88.8 Å². The molecule has 1 amide bonds. The van der Waals surface area contributed by atoms with Gasteiger partial charge in [-0.2, -0.15) is 0 Å². The number of amides is 1. The number of hydrogen-bond donors (Lipinski definition) is 3. The minimum Gasteiger partial charge on any atom is -0.480 e. The highest BCUT2D eigenvalue weighted by atomic mass is 16.4. The molecular formula is C10H17NO4. The Morgan fingerprint density at radius 3 is 2.67 bits per heavy atom. The van der Waals surface area contributed by atoms with Crippen molar-refractivity contribution in [1.82, 2.24) is 5.32 Å². The number of nitrogens with one attached hydrogen (secondary N) is 1. The number of rotatable bonds is 7. The Bertz CT molecular complexity index is 236. The van der Waals surface area contributed by atoms with Gasteiger partial charge in [0.2, 0.25) is 5.91 Å². The molecule has 0 radical (unpaired) electrons. The van der Waals surface area contributed by atoms with E-state index in [1.54, 1.807) is 19.1 Å². The summed E-state index contributed by atoms with van der Waals surface area (Å²) >= 11 is 0. The quantitative estimate of drug-likeness (QED) is 0.421. The van der Waals surface area contributed by atoms with Gasteiger partial charge in [0.1, 0.15) is 6.54 Å². The molecule has 0 heterocycles. The fourth-order valence-corrected chi connectivity index (χ4v) is 0.936. The highest BCUT2D eigenvalue weighted by Gasteiger charge is 2.02. The standard InChI is InChI=1S/C10H17NO4/c1-8(12)5-3-2-4-6-9(13)11-7-10(14)15/h3,5,8,12H,2,4,6-7H2,1H3,(H,11,13)(H,14,15)/b5-3+. The third kappa shape index (κ3) is 10.6. The fourth-order valence-electron chi connectivity index (χ4n) is 0.936. The van der Waals surface area contributed by atoms with Crippen LogP contribution in [0.1, 0.15) is 26.2 Å². The molecule has 0 aromatic rings. The van der Waals surface area contributed by atoms with Gasteiger partial charge in [-0.25, -0.2) is 0 Å². The lowest BCUT2D eigenvalue weighted by atomic mass is 10.2. The van der Waals surface area contributed by atoms with E-state index in [0.29, 0.717) is 19.3 Å². The summed E-state index contributed by atoms with van der Waals surface area (Å²) in [5.41, 5.74) is 0. The van der Waals surface area contributed by atoms with Crippen molar-refractivity contribution >= 4 is 11.9 Å². The topological polar surface area (TPSA) is 86.6 Å². The predicted molar refractivity (Wildman–Crippen MR) is 55.3 cm³/mol. The second-order valence-corrected chi connectivity index (χ2v) is 3.23. The largest absolute Gasteiger partial charge is 0.480 e. The summed E-state index contributed by atoms with van der Waals surface area (Å²) in [5, 5.41) is 19.4. The molecule has 0 fully saturated rings. The molecule has 5 nitrogen and oxygen atoms in total. The van der Waals surface area contributed by atoms with E-state index in [0.717, 1.165) is 0 Å². The van der Waals surface area contributed by atoms with Crippen LogP contribution in [0.5, 0.6) is 0 Å². The number of carboxylic acid groups (broad SMARTS) is 1. The maximum atomic E-state index is 11.0. The first-order chi connectivity index (χ1) is 7.02. The lowest BCUT2D eigenvalue weighted by Crippen LogP contribution is -2.28. The monoisotopic (exact) mass is 215 g/mol. The lowest BCUT2D eigenvalue weighted by molar-refractivity contribution is -0.137. The first kappa shape index (κ1) is 13.6. The van der Waals surface area contributed by atoms with Crippen LogP contribution in [0.3, 0.4) is 0 Å². The van der Waals surface area contributed by atoms with Gasteiger partial charge in [-0.3, -0.25) is 9.59 Å². The van der Waals surface area contributed by atoms with Crippen molar-refractivity contribution in [2.45, 2.75) is 32.3 Å². The van der Waals surface area contributed by atoms with Gasteiger partial charge in [-0.05, 0) is 19.8 Å². The first-order valence-electron chi connectivity index (χ1n) is 4.85. The van der Waals surface area contributed by atoms with Gasteiger partial charge in [-0.1, -0.05) is 12.2 Å². The van der Waals surface area contributed by atoms with Crippen molar-refractivity contribution < 1.29 is 19.8 Å².